The number of thiazole rings is 1. The number of nitrogens with zero attached hydrogens (tertiary/aromatic N) is 1. The van der Waals surface area contributed by atoms with E-state index in [1.54, 1.807) is 6.07 Å². The zero-order valence-corrected chi connectivity index (χ0v) is 13.9. The summed E-state index contributed by atoms with van der Waals surface area (Å²) in [6.45, 7) is 4.19. The van der Waals surface area contributed by atoms with Gasteiger partial charge in [0.25, 0.3) is 5.91 Å². The number of nitrogens with one attached hydrogen (secondary N) is 1. The molecule has 0 unspecified atom stereocenters. The molecule has 2 heterocycles. The maximum Gasteiger partial charge on any atom is 0.260 e. The Kier molecular flexibility index (Phi) is 4.57. The van der Waals surface area contributed by atoms with Crippen molar-refractivity contribution in [2.75, 3.05) is 5.32 Å². The van der Waals surface area contributed by atoms with E-state index in [-0.39, 0.29) is 5.91 Å². The highest BCUT2D eigenvalue weighted by Gasteiger charge is 2.13. The van der Waals surface area contributed by atoms with Gasteiger partial charge in [-0.2, -0.15) is 0 Å². The normalized spacial score (nSPS) is 10.7. The van der Waals surface area contributed by atoms with Crippen molar-refractivity contribution in [3.05, 3.63) is 58.9 Å². The second-order valence-corrected chi connectivity index (χ2v) is 6.54. The molecule has 0 atom stereocenters. The van der Waals surface area contributed by atoms with Crippen LogP contribution in [0.25, 0.3) is 11.3 Å². The van der Waals surface area contributed by atoms with E-state index in [1.165, 1.54) is 29.4 Å². The van der Waals surface area contributed by atoms with Gasteiger partial charge in [0.15, 0.2) is 5.13 Å². The SMILES string of the molecule is CCCc1ccc(-c2nc(NC(=O)c3ccoc3)sc2C)cc1. The molecule has 3 rings (SSSR count). The predicted molar refractivity (Wildman–Crippen MR) is 92.9 cm³/mol. The van der Waals surface area contributed by atoms with E-state index in [2.05, 4.69) is 41.5 Å². The Morgan fingerprint density at radius 2 is 2.04 bits per heavy atom. The van der Waals surface area contributed by atoms with Crippen molar-refractivity contribution in [1.82, 2.24) is 4.98 Å². The average Bonchev–Trinajstić information content (AvgIpc) is 3.18. The van der Waals surface area contributed by atoms with Gasteiger partial charge in [-0.1, -0.05) is 37.6 Å². The number of carbonyl (C=O) groups excluding carboxylic acids is 1. The van der Waals surface area contributed by atoms with Gasteiger partial charge in [0.05, 0.1) is 17.5 Å². The van der Waals surface area contributed by atoms with Gasteiger partial charge in [0.2, 0.25) is 0 Å². The first-order valence-electron chi connectivity index (χ1n) is 7.57. The van der Waals surface area contributed by atoms with Crippen LogP contribution < -0.4 is 5.32 Å². The van der Waals surface area contributed by atoms with Crippen molar-refractivity contribution < 1.29 is 9.21 Å². The number of anilines is 1. The number of amides is 1. The van der Waals surface area contributed by atoms with Crippen LogP contribution in [0.3, 0.4) is 0 Å². The first kappa shape index (κ1) is 15.5. The number of hydrogen-bond acceptors (Lipinski definition) is 4. The highest BCUT2D eigenvalue weighted by Crippen LogP contribution is 2.30. The maximum absolute atomic E-state index is 12.0. The minimum atomic E-state index is -0.211. The van der Waals surface area contributed by atoms with E-state index >= 15 is 0 Å². The lowest BCUT2D eigenvalue weighted by molar-refractivity contribution is 0.102. The minimum Gasteiger partial charge on any atom is -0.472 e. The van der Waals surface area contributed by atoms with Crippen LogP contribution >= 0.6 is 11.3 Å². The summed E-state index contributed by atoms with van der Waals surface area (Å²) in [5, 5.41) is 3.41. The number of furan rings is 1. The third-order valence-electron chi connectivity index (χ3n) is 3.57. The molecule has 1 amide bonds. The van der Waals surface area contributed by atoms with Crippen LogP contribution in [0.1, 0.15) is 34.1 Å². The molecule has 0 aliphatic rings. The number of carbonyl (C=O) groups is 1. The van der Waals surface area contributed by atoms with Gasteiger partial charge >= 0.3 is 0 Å². The fourth-order valence-corrected chi connectivity index (χ4v) is 3.23. The Bertz CT molecular complexity index is 789. The Morgan fingerprint density at radius 1 is 1.26 bits per heavy atom. The lowest BCUT2D eigenvalue weighted by Crippen LogP contribution is -2.10. The van der Waals surface area contributed by atoms with Gasteiger partial charge < -0.3 is 4.42 Å². The highest BCUT2D eigenvalue weighted by molar-refractivity contribution is 7.16. The third kappa shape index (κ3) is 3.51. The molecule has 0 spiro atoms. The van der Waals surface area contributed by atoms with Gasteiger partial charge in [-0.15, -0.1) is 11.3 Å². The fraction of sp³-hybridized carbons (Fsp3) is 0.222. The summed E-state index contributed by atoms with van der Waals surface area (Å²) < 4.78 is 4.92. The van der Waals surface area contributed by atoms with Crippen LogP contribution in [-0.4, -0.2) is 10.9 Å². The van der Waals surface area contributed by atoms with Gasteiger partial charge in [-0.3, -0.25) is 10.1 Å². The number of aromatic nitrogens is 1. The molecule has 0 aliphatic heterocycles. The van der Waals surface area contributed by atoms with E-state index in [0.29, 0.717) is 10.7 Å². The molecule has 118 valence electrons. The Morgan fingerprint density at radius 3 is 2.70 bits per heavy atom. The van der Waals surface area contributed by atoms with Gasteiger partial charge in [-0.25, -0.2) is 4.98 Å². The topological polar surface area (TPSA) is 55.1 Å². The van der Waals surface area contributed by atoms with Gasteiger partial charge in [0, 0.05) is 10.4 Å². The van der Waals surface area contributed by atoms with E-state index in [0.717, 1.165) is 29.0 Å². The van der Waals surface area contributed by atoms with E-state index < -0.39 is 0 Å². The van der Waals surface area contributed by atoms with Crippen LogP contribution in [-0.2, 0) is 6.42 Å². The molecule has 3 aromatic rings. The van der Waals surface area contributed by atoms with Crippen molar-refractivity contribution in [2.24, 2.45) is 0 Å². The molecule has 0 fully saturated rings. The molecule has 0 aliphatic carbocycles. The minimum absolute atomic E-state index is 0.211. The molecule has 23 heavy (non-hydrogen) atoms. The highest BCUT2D eigenvalue weighted by atomic mass is 32.1. The molecular weight excluding hydrogens is 308 g/mol. The molecule has 0 radical (unpaired) electrons. The molecule has 0 saturated heterocycles. The Labute approximate surface area is 139 Å². The first-order chi connectivity index (χ1) is 11.2. The second-order valence-electron chi connectivity index (χ2n) is 5.34. The molecule has 5 heteroatoms. The number of aryl methyl sites for hydroxylation is 2. The lowest BCUT2D eigenvalue weighted by Gasteiger charge is -2.02. The second kappa shape index (κ2) is 6.79. The maximum atomic E-state index is 12.0. The standard InChI is InChI=1S/C18H18N2O2S/c1-3-4-13-5-7-14(8-6-13)16-12(2)23-18(19-16)20-17(21)15-9-10-22-11-15/h5-11H,3-4H2,1-2H3,(H,19,20,21). The predicted octanol–water partition coefficient (Wildman–Crippen LogP) is 4.92. The molecule has 1 aromatic carbocycles. The zero-order valence-electron chi connectivity index (χ0n) is 13.1. The van der Waals surface area contributed by atoms with E-state index in [1.807, 2.05) is 6.92 Å². The molecule has 4 nitrogen and oxygen atoms in total. The van der Waals surface area contributed by atoms with E-state index in [9.17, 15) is 4.79 Å². The number of hydrogen-bond donors (Lipinski definition) is 1. The largest absolute Gasteiger partial charge is 0.472 e. The average molecular weight is 326 g/mol. The van der Waals surface area contributed by atoms with E-state index in [4.69, 9.17) is 4.42 Å². The zero-order chi connectivity index (χ0) is 16.2. The fourth-order valence-electron chi connectivity index (χ4n) is 2.40. The Balaban J connectivity index is 1.79. The summed E-state index contributed by atoms with van der Waals surface area (Å²) in [6, 6.07) is 10.1. The van der Waals surface area contributed by atoms with Gasteiger partial charge in [0.1, 0.15) is 6.26 Å². The van der Waals surface area contributed by atoms with Crippen LogP contribution in [0.5, 0.6) is 0 Å². The van der Waals surface area contributed by atoms with Crippen LogP contribution in [0.15, 0.2) is 47.3 Å². The summed E-state index contributed by atoms with van der Waals surface area (Å²) >= 11 is 1.48. The van der Waals surface area contributed by atoms with Crippen molar-refractivity contribution in [2.45, 2.75) is 26.7 Å². The van der Waals surface area contributed by atoms with Crippen LogP contribution in [0.4, 0.5) is 5.13 Å². The molecule has 0 saturated carbocycles. The molecule has 1 N–H and O–H groups in total. The van der Waals surface area contributed by atoms with Crippen molar-refractivity contribution in [1.29, 1.82) is 0 Å². The summed E-state index contributed by atoms with van der Waals surface area (Å²) in [4.78, 5) is 17.7. The van der Waals surface area contributed by atoms with Gasteiger partial charge in [-0.05, 0) is 25.0 Å². The Hall–Kier alpha value is -2.40. The quantitative estimate of drug-likeness (QED) is 0.724. The molecular formula is C18H18N2O2S. The third-order valence-corrected chi connectivity index (χ3v) is 4.45. The number of benzene rings is 1. The molecule has 2 aromatic heterocycles. The summed E-state index contributed by atoms with van der Waals surface area (Å²) in [6.07, 6.45) is 5.12. The molecule has 0 bridgehead atoms. The van der Waals surface area contributed by atoms with Crippen LogP contribution in [0.2, 0.25) is 0 Å². The monoisotopic (exact) mass is 326 g/mol. The van der Waals surface area contributed by atoms with Crippen molar-refractivity contribution >= 4 is 22.4 Å². The smallest absolute Gasteiger partial charge is 0.260 e. The first-order valence-corrected chi connectivity index (χ1v) is 8.39. The number of rotatable bonds is 5. The summed E-state index contributed by atoms with van der Waals surface area (Å²) in [5.41, 5.74) is 3.81. The van der Waals surface area contributed by atoms with Crippen molar-refractivity contribution in [3.63, 3.8) is 0 Å². The lowest BCUT2D eigenvalue weighted by atomic mass is 10.1. The summed E-state index contributed by atoms with van der Waals surface area (Å²) in [5.74, 6) is -0.211. The van der Waals surface area contributed by atoms with Crippen molar-refractivity contribution in [3.8, 4) is 11.3 Å². The summed E-state index contributed by atoms with van der Waals surface area (Å²) in [7, 11) is 0. The van der Waals surface area contributed by atoms with Crippen LogP contribution in [0, 0.1) is 6.92 Å².